The van der Waals surface area contributed by atoms with Crippen LogP contribution < -0.4 is 5.32 Å². The highest BCUT2D eigenvalue weighted by molar-refractivity contribution is 6.33. The van der Waals surface area contributed by atoms with Crippen molar-refractivity contribution < 1.29 is 4.79 Å². The summed E-state index contributed by atoms with van der Waals surface area (Å²) >= 11 is 5.93. The second kappa shape index (κ2) is 5.76. The van der Waals surface area contributed by atoms with Crippen LogP contribution >= 0.6 is 11.6 Å². The zero-order valence-electron chi connectivity index (χ0n) is 9.09. The molecule has 2 nitrogen and oxygen atoms in total. The first-order chi connectivity index (χ1) is 7.19. The zero-order valence-corrected chi connectivity index (χ0v) is 9.84. The van der Waals surface area contributed by atoms with Crippen molar-refractivity contribution in [3.8, 4) is 0 Å². The van der Waals surface area contributed by atoms with E-state index in [4.69, 9.17) is 11.6 Å². The Morgan fingerprint density at radius 2 is 1.93 bits per heavy atom. The van der Waals surface area contributed by atoms with Crippen molar-refractivity contribution in [2.75, 3.05) is 0 Å². The first-order valence-electron chi connectivity index (χ1n) is 5.24. The predicted molar refractivity (Wildman–Crippen MR) is 63.3 cm³/mol. The maximum Gasteiger partial charge on any atom is 0.253 e. The highest BCUT2D eigenvalue weighted by atomic mass is 35.5. The van der Waals surface area contributed by atoms with E-state index in [1.807, 2.05) is 12.1 Å². The van der Waals surface area contributed by atoms with Gasteiger partial charge in [-0.05, 0) is 25.0 Å². The molecule has 1 rings (SSSR count). The lowest BCUT2D eigenvalue weighted by Gasteiger charge is -2.15. The highest BCUT2D eigenvalue weighted by Gasteiger charge is 2.12. The Hall–Kier alpha value is -1.02. The Morgan fingerprint density at radius 1 is 1.33 bits per heavy atom. The van der Waals surface area contributed by atoms with Gasteiger partial charge in [-0.25, -0.2) is 0 Å². The second-order valence-electron chi connectivity index (χ2n) is 3.47. The first kappa shape index (κ1) is 12.1. The van der Waals surface area contributed by atoms with Crippen LogP contribution in [0.5, 0.6) is 0 Å². The minimum absolute atomic E-state index is 0.0886. The third-order valence-electron chi connectivity index (χ3n) is 2.44. The zero-order chi connectivity index (χ0) is 11.3. The molecule has 0 aliphatic heterocycles. The van der Waals surface area contributed by atoms with Crippen LogP contribution in [0.2, 0.25) is 5.02 Å². The van der Waals surface area contributed by atoms with Gasteiger partial charge in [-0.3, -0.25) is 4.79 Å². The Labute approximate surface area is 95.6 Å². The van der Waals surface area contributed by atoms with Crippen molar-refractivity contribution >= 4 is 17.5 Å². The Balaban J connectivity index is 2.73. The number of rotatable bonds is 4. The van der Waals surface area contributed by atoms with E-state index in [0.29, 0.717) is 10.6 Å². The molecule has 1 aromatic rings. The molecule has 0 spiro atoms. The molecule has 0 saturated heterocycles. The molecule has 0 fully saturated rings. The predicted octanol–water partition coefficient (Wildman–Crippen LogP) is 3.26. The number of hydrogen-bond donors (Lipinski definition) is 1. The summed E-state index contributed by atoms with van der Waals surface area (Å²) in [6.07, 6.45) is 1.87. The van der Waals surface area contributed by atoms with Crippen LogP contribution in [0.4, 0.5) is 0 Å². The normalized spacial score (nSPS) is 10.4. The summed E-state index contributed by atoms with van der Waals surface area (Å²) in [5, 5.41) is 3.45. The average Bonchev–Trinajstić information content (AvgIpc) is 2.26. The quantitative estimate of drug-likeness (QED) is 0.838. The van der Waals surface area contributed by atoms with Crippen LogP contribution in [0.25, 0.3) is 0 Å². The Kier molecular flexibility index (Phi) is 4.63. The minimum Gasteiger partial charge on any atom is -0.349 e. The van der Waals surface area contributed by atoms with E-state index in [-0.39, 0.29) is 11.9 Å². The van der Waals surface area contributed by atoms with Crippen LogP contribution in [-0.4, -0.2) is 11.9 Å². The third kappa shape index (κ3) is 3.24. The summed E-state index contributed by atoms with van der Waals surface area (Å²) in [5.74, 6) is -0.0886. The molecule has 82 valence electrons. The van der Waals surface area contributed by atoms with E-state index in [1.54, 1.807) is 12.1 Å². The van der Waals surface area contributed by atoms with Crippen LogP contribution in [0.1, 0.15) is 37.0 Å². The van der Waals surface area contributed by atoms with Gasteiger partial charge in [0.15, 0.2) is 0 Å². The summed E-state index contributed by atoms with van der Waals surface area (Å²) in [5.41, 5.74) is 0.547. The number of halogens is 1. The summed E-state index contributed by atoms with van der Waals surface area (Å²) in [6.45, 7) is 4.11. The van der Waals surface area contributed by atoms with Crippen molar-refractivity contribution in [3.63, 3.8) is 0 Å². The van der Waals surface area contributed by atoms with Gasteiger partial charge in [0, 0.05) is 6.04 Å². The molecule has 15 heavy (non-hydrogen) atoms. The van der Waals surface area contributed by atoms with Gasteiger partial charge < -0.3 is 5.32 Å². The van der Waals surface area contributed by atoms with Crippen molar-refractivity contribution in [2.24, 2.45) is 0 Å². The van der Waals surface area contributed by atoms with Gasteiger partial charge in [0.05, 0.1) is 10.6 Å². The van der Waals surface area contributed by atoms with Gasteiger partial charge in [0.25, 0.3) is 5.91 Å². The topological polar surface area (TPSA) is 29.1 Å². The minimum atomic E-state index is -0.0886. The Bertz CT molecular complexity index is 334. The van der Waals surface area contributed by atoms with Gasteiger partial charge in [0.2, 0.25) is 0 Å². The fourth-order valence-electron chi connectivity index (χ4n) is 1.40. The van der Waals surface area contributed by atoms with Gasteiger partial charge >= 0.3 is 0 Å². The van der Waals surface area contributed by atoms with Gasteiger partial charge in [0.1, 0.15) is 0 Å². The number of nitrogens with one attached hydrogen (secondary N) is 1. The number of hydrogen-bond acceptors (Lipinski definition) is 1. The molecule has 1 amide bonds. The highest BCUT2D eigenvalue weighted by Crippen LogP contribution is 2.15. The lowest BCUT2D eigenvalue weighted by atomic mass is 10.1. The molecule has 3 heteroatoms. The van der Waals surface area contributed by atoms with Crippen LogP contribution in [0.15, 0.2) is 24.3 Å². The molecule has 0 radical (unpaired) electrons. The second-order valence-corrected chi connectivity index (χ2v) is 3.87. The van der Waals surface area contributed by atoms with E-state index < -0.39 is 0 Å². The van der Waals surface area contributed by atoms with Crippen molar-refractivity contribution in [2.45, 2.75) is 32.7 Å². The molecule has 0 aromatic heterocycles. The Morgan fingerprint density at radius 3 is 2.47 bits per heavy atom. The summed E-state index contributed by atoms with van der Waals surface area (Å²) < 4.78 is 0. The molecule has 0 atom stereocenters. The van der Waals surface area contributed by atoms with Gasteiger partial charge in [-0.15, -0.1) is 0 Å². The average molecular weight is 226 g/mol. The number of benzene rings is 1. The van der Waals surface area contributed by atoms with E-state index in [9.17, 15) is 4.79 Å². The largest absolute Gasteiger partial charge is 0.349 e. The molecular formula is C12H16ClNO. The number of carbonyl (C=O) groups is 1. The van der Waals surface area contributed by atoms with Crippen LogP contribution in [0.3, 0.4) is 0 Å². The molecule has 1 N–H and O–H groups in total. The maximum atomic E-state index is 11.8. The standard InChI is InChI=1S/C12H16ClNO/c1-3-9(4-2)14-12(15)10-7-5-6-8-11(10)13/h5-9H,3-4H2,1-2H3,(H,14,15). The molecular weight excluding hydrogens is 210 g/mol. The maximum absolute atomic E-state index is 11.8. The van der Waals surface area contributed by atoms with Gasteiger partial charge in [-0.1, -0.05) is 37.6 Å². The molecule has 0 heterocycles. The monoisotopic (exact) mass is 225 g/mol. The molecule has 0 unspecified atom stereocenters. The molecule has 0 aliphatic rings. The van der Waals surface area contributed by atoms with Crippen molar-refractivity contribution in [3.05, 3.63) is 34.9 Å². The number of amides is 1. The summed E-state index contributed by atoms with van der Waals surface area (Å²) in [4.78, 5) is 11.8. The van der Waals surface area contributed by atoms with E-state index in [1.165, 1.54) is 0 Å². The van der Waals surface area contributed by atoms with E-state index in [0.717, 1.165) is 12.8 Å². The van der Waals surface area contributed by atoms with Crippen LogP contribution in [-0.2, 0) is 0 Å². The SMILES string of the molecule is CCC(CC)NC(=O)c1ccccc1Cl. The third-order valence-corrected chi connectivity index (χ3v) is 2.77. The van der Waals surface area contributed by atoms with Crippen molar-refractivity contribution in [1.82, 2.24) is 5.32 Å². The molecule has 0 bridgehead atoms. The summed E-state index contributed by atoms with van der Waals surface area (Å²) in [6, 6.07) is 7.32. The number of carbonyl (C=O) groups excluding carboxylic acids is 1. The fourth-order valence-corrected chi connectivity index (χ4v) is 1.62. The lowest BCUT2D eigenvalue weighted by molar-refractivity contribution is 0.0935. The lowest BCUT2D eigenvalue weighted by Crippen LogP contribution is -2.33. The first-order valence-corrected chi connectivity index (χ1v) is 5.62. The molecule has 0 saturated carbocycles. The fraction of sp³-hybridized carbons (Fsp3) is 0.417. The summed E-state index contributed by atoms with van der Waals surface area (Å²) in [7, 11) is 0. The van der Waals surface area contributed by atoms with Crippen LogP contribution in [0, 0.1) is 0 Å². The van der Waals surface area contributed by atoms with Gasteiger partial charge in [-0.2, -0.15) is 0 Å². The molecule has 1 aromatic carbocycles. The smallest absolute Gasteiger partial charge is 0.253 e. The molecule has 0 aliphatic carbocycles. The van der Waals surface area contributed by atoms with E-state index >= 15 is 0 Å². The van der Waals surface area contributed by atoms with E-state index in [2.05, 4.69) is 19.2 Å². The van der Waals surface area contributed by atoms with Crippen molar-refractivity contribution in [1.29, 1.82) is 0 Å².